The van der Waals surface area contributed by atoms with Gasteiger partial charge in [-0.2, -0.15) is 9.98 Å². The molecule has 0 aliphatic carbocycles. The van der Waals surface area contributed by atoms with Crippen molar-refractivity contribution >= 4 is 15.7 Å². The summed E-state index contributed by atoms with van der Waals surface area (Å²) < 4.78 is 25.9. The Hall–Kier alpha value is -1.98. The highest BCUT2D eigenvalue weighted by atomic mass is 32.2. The Kier molecular flexibility index (Phi) is 4.00. The van der Waals surface area contributed by atoms with Crippen molar-refractivity contribution in [1.29, 1.82) is 5.26 Å². The van der Waals surface area contributed by atoms with E-state index in [1.165, 1.54) is 19.9 Å². The molecule has 0 bridgehead atoms. The Bertz CT molecular complexity index is 619. The summed E-state index contributed by atoms with van der Waals surface area (Å²) >= 11 is 0. The van der Waals surface area contributed by atoms with E-state index in [0.29, 0.717) is 0 Å². The second kappa shape index (κ2) is 5.12. The summed E-state index contributed by atoms with van der Waals surface area (Å²) in [6.07, 6.45) is 0. The van der Waals surface area contributed by atoms with Crippen molar-refractivity contribution in [3.05, 3.63) is 33.9 Å². The predicted molar refractivity (Wildman–Crippen MR) is 63.2 cm³/mol. The maximum atomic E-state index is 11.9. The fourth-order valence-corrected chi connectivity index (χ4v) is 2.75. The first kappa shape index (κ1) is 14.1. The first-order valence-electron chi connectivity index (χ1n) is 4.95. The van der Waals surface area contributed by atoms with Crippen LogP contribution in [0.4, 0.5) is 5.69 Å². The number of nitrogens with zero attached hydrogens (tertiary/aromatic N) is 2. The summed E-state index contributed by atoms with van der Waals surface area (Å²) in [5.74, 6) is 0. The van der Waals surface area contributed by atoms with E-state index < -0.39 is 21.0 Å². The zero-order valence-electron chi connectivity index (χ0n) is 9.75. The van der Waals surface area contributed by atoms with Crippen LogP contribution < -0.4 is 4.72 Å². The number of benzene rings is 1. The maximum Gasteiger partial charge on any atom is 0.269 e. The molecule has 0 saturated carbocycles. The highest BCUT2D eigenvalue weighted by molar-refractivity contribution is 7.89. The molecular formula is C10H11N3O4S. The molecule has 0 radical (unpaired) electrons. The summed E-state index contributed by atoms with van der Waals surface area (Å²) in [7, 11) is -3.84. The number of nitro groups is 1. The Balaban J connectivity index is 3.19. The molecule has 0 amide bonds. The third-order valence-electron chi connectivity index (χ3n) is 2.18. The number of nitrogens with one attached hydrogen (secondary N) is 1. The van der Waals surface area contributed by atoms with E-state index in [-0.39, 0.29) is 16.1 Å². The van der Waals surface area contributed by atoms with Crippen LogP contribution in [0.1, 0.15) is 12.5 Å². The topological polar surface area (TPSA) is 113 Å². The first-order valence-corrected chi connectivity index (χ1v) is 6.43. The van der Waals surface area contributed by atoms with Gasteiger partial charge in [-0.3, -0.25) is 10.1 Å². The van der Waals surface area contributed by atoms with E-state index in [4.69, 9.17) is 5.26 Å². The largest absolute Gasteiger partial charge is 0.269 e. The molecule has 1 aromatic carbocycles. The average molecular weight is 269 g/mol. The molecule has 7 nitrogen and oxygen atoms in total. The number of sulfonamides is 1. The highest BCUT2D eigenvalue weighted by Crippen LogP contribution is 2.21. The zero-order chi connectivity index (χ0) is 13.9. The molecule has 0 aliphatic rings. The molecule has 1 atom stereocenters. The van der Waals surface area contributed by atoms with Crippen LogP contribution in [0.2, 0.25) is 0 Å². The molecule has 1 rings (SSSR count). The summed E-state index contributed by atoms with van der Waals surface area (Å²) in [5, 5.41) is 19.1. The standard InChI is InChI=1S/C10H11N3O4S/c1-7-5-9(13(14)15)3-4-10(7)18(16,17)12-8(2)6-11/h3-5,8,12H,1-2H3. The fourth-order valence-electron chi connectivity index (χ4n) is 1.37. The number of non-ortho nitro benzene ring substituents is 1. The lowest BCUT2D eigenvalue weighted by atomic mass is 10.2. The summed E-state index contributed by atoms with van der Waals surface area (Å²) in [6.45, 7) is 2.86. The molecule has 1 aromatic rings. The SMILES string of the molecule is Cc1cc([N+](=O)[O-])ccc1S(=O)(=O)NC(C)C#N. The van der Waals surface area contributed by atoms with Gasteiger partial charge in [0, 0.05) is 12.1 Å². The van der Waals surface area contributed by atoms with Crippen molar-refractivity contribution in [1.82, 2.24) is 4.72 Å². The van der Waals surface area contributed by atoms with E-state index >= 15 is 0 Å². The molecule has 0 fully saturated rings. The summed E-state index contributed by atoms with van der Waals surface area (Å²) in [6, 6.07) is 4.31. The minimum atomic E-state index is -3.84. The zero-order valence-corrected chi connectivity index (χ0v) is 10.6. The summed E-state index contributed by atoms with van der Waals surface area (Å²) in [5.41, 5.74) is 0.0709. The number of nitriles is 1. The van der Waals surface area contributed by atoms with Gasteiger partial charge in [0.15, 0.2) is 0 Å². The van der Waals surface area contributed by atoms with Crippen LogP contribution in [0.3, 0.4) is 0 Å². The van der Waals surface area contributed by atoms with Gasteiger partial charge in [-0.1, -0.05) is 0 Å². The van der Waals surface area contributed by atoms with Crippen molar-refractivity contribution in [2.45, 2.75) is 24.8 Å². The molecule has 0 heterocycles. The molecule has 96 valence electrons. The molecule has 0 saturated heterocycles. The molecule has 1 unspecified atom stereocenters. The molecule has 0 aliphatic heterocycles. The normalized spacial score (nSPS) is 12.7. The van der Waals surface area contributed by atoms with Crippen LogP contribution in [0.15, 0.2) is 23.1 Å². The van der Waals surface area contributed by atoms with Crippen LogP contribution in [0.25, 0.3) is 0 Å². The van der Waals surface area contributed by atoms with Gasteiger partial charge < -0.3 is 0 Å². The van der Waals surface area contributed by atoms with Gasteiger partial charge in [-0.25, -0.2) is 8.42 Å². The van der Waals surface area contributed by atoms with Gasteiger partial charge in [0.2, 0.25) is 10.0 Å². The van der Waals surface area contributed by atoms with Gasteiger partial charge in [0.05, 0.1) is 15.9 Å². The number of rotatable bonds is 4. The van der Waals surface area contributed by atoms with Crippen molar-refractivity contribution < 1.29 is 13.3 Å². The van der Waals surface area contributed by atoms with Crippen LogP contribution in [-0.4, -0.2) is 19.4 Å². The third kappa shape index (κ3) is 3.03. The van der Waals surface area contributed by atoms with E-state index in [9.17, 15) is 18.5 Å². The third-order valence-corrected chi connectivity index (χ3v) is 3.89. The van der Waals surface area contributed by atoms with Gasteiger partial charge in [-0.05, 0) is 25.5 Å². The van der Waals surface area contributed by atoms with Gasteiger partial charge in [0.25, 0.3) is 5.69 Å². The monoisotopic (exact) mass is 269 g/mol. The Morgan fingerprint density at radius 1 is 1.50 bits per heavy atom. The fraction of sp³-hybridized carbons (Fsp3) is 0.300. The van der Waals surface area contributed by atoms with E-state index in [2.05, 4.69) is 4.72 Å². The molecule has 0 aromatic heterocycles. The van der Waals surface area contributed by atoms with Crippen molar-refractivity contribution in [3.63, 3.8) is 0 Å². The van der Waals surface area contributed by atoms with Crippen molar-refractivity contribution in [2.75, 3.05) is 0 Å². The molecular weight excluding hydrogens is 258 g/mol. The highest BCUT2D eigenvalue weighted by Gasteiger charge is 2.21. The predicted octanol–water partition coefficient (Wildman–Crippen LogP) is 1.09. The smallest absolute Gasteiger partial charge is 0.258 e. The molecule has 8 heteroatoms. The molecule has 1 N–H and O–H groups in total. The lowest BCUT2D eigenvalue weighted by molar-refractivity contribution is -0.385. The Labute approximate surface area is 104 Å². The van der Waals surface area contributed by atoms with Crippen LogP contribution >= 0.6 is 0 Å². The number of nitro benzene ring substituents is 1. The first-order chi connectivity index (χ1) is 8.27. The van der Waals surface area contributed by atoms with Crippen molar-refractivity contribution in [2.24, 2.45) is 0 Å². The Morgan fingerprint density at radius 3 is 2.56 bits per heavy atom. The average Bonchev–Trinajstić information content (AvgIpc) is 2.27. The second-order valence-corrected chi connectivity index (χ2v) is 5.36. The number of hydrogen-bond donors (Lipinski definition) is 1. The second-order valence-electron chi connectivity index (χ2n) is 3.68. The lowest BCUT2D eigenvalue weighted by Crippen LogP contribution is -2.31. The molecule has 18 heavy (non-hydrogen) atoms. The maximum absolute atomic E-state index is 11.9. The van der Waals surface area contributed by atoms with Gasteiger partial charge in [-0.15, -0.1) is 0 Å². The van der Waals surface area contributed by atoms with E-state index in [1.807, 2.05) is 0 Å². The Morgan fingerprint density at radius 2 is 2.11 bits per heavy atom. The number of hydrogen-bond acceptors (Lipinski definition) is 5. The number of aryl methyl sites for hydroxylation is 1. The minimum absolute atomic E-state index is 0.0739. The quantitative estimate of drug-likeness (QED) is 0.649. The van der Waals surface area contributed by atoms with Crippen LogP contribution in [-0.2, 0) is 10.0 Å². The van der Waals surface area contributed by atoms with Crippen molar-refractivity contribution in [3.8, 4) is 6.07 Å². The van der Waals surface area contributed by atoms with E-state index in [1.54, 1.807) is 6.07 Å². The summed E-state index contributed by atoms with van der Waals surface area (Å²) in [4.78, 5) is 9.86. The minimum Gasteiger partial charge on any atom is -0.258 e. The van der Waals surface area contributed by atoms with Gasteiger partial charge in [0.1, 0.15) is 6.04 Å². The van der Waals surface area contributed by atoms with Crippen LogP contribution in [0, 0.1) is 28.4 Å². The van der Waals surface area contributed by atoms with E-state index in [0.717, 1.165) is 12.1 Å². The lowest BCUT2D eigenvalue weighted by Gasteiger charge is -2.09. The van der Waals surface area contributed by atoms with Gasteiger partial charge >= 0.3 is 0 Å². The van der Waals surface area contributed by atoms with Crippen LogP contribution in [0.5, 0.6) is 0 Å². The molecule has 0 spiro atoms.